The summed E-state index contributed by atoms with van der Waals surface area (Å²) in [7, 11) is 0. The number of anilines is 1. The van der Waals surface area contributed by atoms with Crippen LogP contribution in [-0.2, 0) is 0 Å². The van der Waals surface area contributed by atoms with Gasteiger partial charge in [-0.2, -0.15) is 5.10 Å². The van der Waals surface area contributed by atoms with Gasteiger partial charge in [0, 0.05) is 11.1 Å². The van der Waals surface area contributed by atoms with Crippen molar-refractivity contribution in [1.29, 1.82) is 0 Å². The summed E-state index contributed by atoms with van der Waals surface area (Å²) in [6.45, 7) is 0. The van der Waals surface area contributed by atoms with Crippen molar-refractivity contribution in [2.45, 2.75) is 9.10 Å². The topological polar surface area (TPSA) is 98.0 Å². The number of nitrogens with two attached hydrogens (primary N) is 1. The second-order valence-corrected chi connectivity index (χ2v) is 7.22. The van der Waals surface area contributed by atoms with Gasteiger partial charge in [0.1, 0.15) is 10.8 Å². The molecule has 0 atom stereocenters. The maximum absolute atomic E-state index is 13.0. The predicted octanol–water partition coefficient (Wildman–Crippen LogP) is 3.18. The van der Waals surface area contributed by atoms with Gasteiger partial charge in [0.2, 0.25) is 0 Å². The quantitative estimate of drug-likeness (QED) is 0.715. The van der Waals surface area contributed by atoms with E-state index in [1.807, 2.05) is 0 Å². The molecule has 1 aromatic carbocycles. The van der Waals surface area contributed by atoms with Crippen LogP contribution in [0.4, 0.5) is 9.39 Å². The highest BCUT2D eigenvalue weighted by molar-refractivity contribution is 8.01. The van der Waals surface area contributed by atoms with Crippen LogP contribution >= 0.6 is 23.1 Å². The summed E-state index contributed by atoms with van der Waals surface area (Å²) in [4.78, 5) is 24.6. The number of benzene rings is 1. The summed E-state index contributed by atoms with van der Waals surface area (Å²) >= 11 is 2.53. The molecular weight excluding hydrogens is 363 g/mol. The third-order valence-corrected chi connectivity index (χ3v) is 5.21. The van der Waals surface area contributed by atoms with Gasteiger partial charge in [0.05, 0.1) is 9.77 Å². The van der Waals surface area contributed by atoms with Gasteiger partial charge in [0.15, 0.2) is 5.69 Å². The first-order chi connectivity index (χ1) is 12.0. The van der Waals surface area contributed by atoms with E-state index in [1.165, 1.54) is 47.5 Å². The summed E-state index contributed by atoms with van der Waals surface area (Å²) in [5, 5.41) is 10.3. The van der Waals surface area contributed by atoms with Gasteiger partial charge in [-0.3, -0.25) is 9.59 Å². The molecule has 0 fully saturated rings. The number of hydrogen-bond acceptors (Lipinski definition) is 6. The lowest BCUT2D eigenvalue weighted by Crippen LogP contribution is -2.17. The number of thiophene rings is 1. The maximum atomic E-state index is 13.0. The molecule has 0 radical (unpaired) electrons. The largest absolute Gasteiger partial charge is 0.366 e. The molecule has 0 saturated heterocycles. The van der Waals surface area contributed by atoms with Crippen LogP contribution in [0.1, 0.15) is 20.8 Å². The second kappa shape index (κ2) is 7.41. The SMILES string of the molecule is NC(=O)c1cc(Sc2ccc(F)cc2)sc1NC(=O)c1cccnn1. The highest BCUT2D eigenvalue weighted by atomic mass is 32.2. The van der Waals surface area contributed by atoms with Crippen LogP contribution in [0, 0.1) is 5.82 Å². The lowest BCUT2D eigenvalue weighted by atomic mass is 10.3. The number of carbonyl (C=O) groups excluding carboxylic acids is 2. The Hall–Kier alpha value is -2.78. The molecule has 2 aromatic heterocycles. The summed E-state index contributed by atoms with van der Waals surface area (Å²) in [5.41, 5.74) is 5.71. The summed E-state index contributed by atoms with van der Waals surface area (Å²) in [5.74, 6) is -1.47. The van der Waals surface area contributed by atoms with E-state index in [2.05, 4.69) is 15.5 Å². The van der Waals surface area contributed by atoms with Crippen LogP contribution in [0.5, 0.6) is 0 Å². The first-order valence-corrected chi connectivity index (χ1v) is 8.62. The minimum Gasteiger partial charge on any atom is -0.366 e. The molecule has 126 valence electrons. The van der Waals surface area contributed by atoms with Crippen molar-refractivity contribution in [2.75, 3.05) is 5.32 Å². The molecule has 0 spiro atoms. The predicted molar refractivity (Wildman–Crippen MR) is 93.3 cm³/mol. The van der Waals surface area contributed by atoms with Crippen LogP contribution in [0.3, 0.4) is 0 Å². The molecule has 9 heteroatoms. The van der Waals surface area contributed by atoms with Crippen LogP contribution in [0.15, 0.2) is 57.8 Å². The van der Waals surface area contributed by atoms with Crippen molar-refractivity contribution in [2.24, 2.45) is 5.73 Å². The second-order valence-electron chi connectivity index (χ2n) is 4.79. The molecular formula is C16H11FN4O2S2. The minimum atomic E-state index is -0.656. The van der Waals surface area contributed by atoms with Crippen molar-refractivity contribution in [1.82, 2.24) is 10.2 Å². The summed E-state index contributed by atoms with van der Waals surface area (Å²) in [6.07, 6.45) is 1.45. The molecule has 3 rings (SSSR count). The average Bonchev–Trinajstić information content (AvgIpc) is 3.00. The first-order valence-electron chi connectivity index (χ1n) is 6.99. The Bertz CT molecular complexity index is 914. The van der Waals surface area contributed by atoms with Gasteiger partial charge >= 0.3 is 0 Å². The standard InChI is InChI=1S/C16H11FN4O2S2/c17-9-3-5-10(6-4-9)24-13-8-11(14(18)22)16(25-13)20-15(23)12-2-1-7-19-21-12/h1-8H,(H2,18,22)(H,20,23). The molecule has 3 N–H and O–H groups in total. The zero-order valence-corrected chi connectivity index (χ0v) is 14.2. The normalized spacial score (nSPS) is 10.4. The minimum absolute atomic E-state index is 0.124. The van der Waals surface area contributed by atoms with Gasteiger partial charge in [-0.1, -0.05) is 11.8 Å². The van der Waals surface area contributed by atoms with Crippen LogP contribution in [-0.4, -0.2) is 22.0 Å². The first kappa shape index (κ1) is 17.1. The molecule has 0 aliphatic rings. The van der Waals surface area contributed by atoms with Crippen LogP contribution in [0.2, 0.25) is 0 Å². The van der Waals surface area contributed by atoms with Gasteiger partial charge < -0.3 is 11.1 Å². The lowest BCUT2D eigenvalue weighted by Gasteiger charge is -2.02. The Morgan fingerprint density at radius 1 is 1.20 bits per heavy atom. The maximum Gasteiger partial charge on any atom is 0.276 e. The van der Waals surface area contributed by atoms with Gasteiger partial charge in [-0.25, -0.2) is 4.39 Å². The molecule has 0 bridgehead atoms. The third kappa shape index (κ3) is 4.20. The molecule has 2 amide bonds. The number of amides is 2. The Morgan fingerprint density at radius 3 is 2.60 bits per heavy atom. The number of halogens is 1. The summed E-state index contributed by atoms with van der Waals surface area (Å²) in [6, 6.07) is 10.6. The molecule has 25 heavy (non-hydrogen) atoms. The van der Waals surface area contributed by atoms with Gasteiger partial charge in [-0.05, 0) is 42.5 Å². The lowest BCUT2D eigenvalue weighted by molar-refractivity contribution is 0.100. The number of nitrogens with one attached hydrogen (secondary N) is 1. The van der Waals surface area contributed by atoms with Crippen molar-refractivity contribution in [3.8, 4) is 0 Å². The third-order valence-electron chi connectivity index (χ3n) is 3.04. The molecule has 0 aliphatic heterocycles. The smallest absolute Gasteiger partial charge is 0.276 e. The fourth-order valence-corrected chi connectivity index (χ4v) is 4.08. The van der Waals surface area contributed by atoms with E-state index < -0.39 is 11.8 Å². The van der Waals surface area contributed by atoms with E-state index in [1.54, 1.807) is 24.3 Å². The highest BCUT2D eigenvalue weighted by Crippen LogP contribution is 2.38. The molecule has 0 unspecified atom stereocenters. The van der Waals surface area contributed by atoms with Crippen LogP contribution in [0.25, 0.3) is 0 Å². The fraction of sp³-hybridized carbons (Fsp3) is 0. The van der Waals surface area contributed by atoms with E-state index in [0.29, 0.717) is 5.00 Å². The van der Waals surface area contributed by atoms with Crippen molar-refractivity contribution >= 4 is 39.9 Å². The monoisotopic (exact) mass is 374 g/mol. The Balaban J connectivity index is 1.83. The van der Waals surface area contributed by atoms with E-state index in [9.17, 15) is 14.0 Å². The number of hydrogen-bond donors (Lipinski definition) is 2. The van der Waals surface area contributed by atoms with Crippen LogP contribution < -0.4 is 11.1 Å². The van der Waals surface area contributed by atoms with Crippen molar-refractivity contribution < 1.29 is 14.0 Å². The van der Waals surface area contributed by atoms with Crippen molar-refractivity contribution in [3.05, 3.63) is 65.7 Å². The summed E-state index contributed by atoms with van der Waals surface area (Å²) < 4.78 is 13.7. The molecule has 0 saturated carbocycles. The Kier molecular flexibility index (Phi) is 5.05. The number of carbonyl (C=O) groups is 2. The van der Waals surface area contributed by atoms with Gasteiger partial charge in [-0.15, -0.1) is 16.4 Å². The van der Waals surface area contributed by atoms with E-state index in [0.717, 1.165) is 9.10 Å². The molecule has 0 aliphatic carbocycles. The zero-order chi connectivity index (χ0) is 17.8. The Labute approximate surface area is 150 Å². The average molecular weight is 374 g/mol. The molecule has 6 nitrogen and oxygen atoms in total. The molecule has 3 aromatic rings. The zero-order valence-electron chi connectivity index (χ0n) is 12.6. The molecule has 2 heterocycles. The Morgan fingerprint density at radius 2 is 1.96 bits per heavy atom. The highest BCUT2D eigenvalue weighted by Gasteiger charge is 2.18. The van der Waals surface area contributed by atoms with E-state index in [-0.39, 0.29) is 17.1 Å². The van der Waals surface area contributed by atoms with Gasteiger partial charge in [0.25, 0.3) is 11.8 Å². The van der Waals surface area contributed by atoms with E-state index in [4.69, 9.17) is 5.73 Å². The number of primary amides is 1. The number of nitrogens with zero attached hydrogens (tertiary/aromatic N) is 2. The fourth-order valence-electron chi connectivity index (χ4n) is 1.90. The van der Waals surface area contributed by atoms with Crippen molar-refractivity contribution in [3.63, 3.8) is 0 Å². The number of rotatable bonds is 5. The number of aromatic nitrogens is 2. The van der Waals surface area contributed by atoms with E-state index >= 15 is 0 Å².